The van der Waals surface area contributed by atoms with E-state index in [4.69, 9.17) is 4.52 Å². The van der Waals surface area contributed by atoms with Crippen molar-refractivity contribution in [2.45, 2.75) is 13.3 Å². The molecule has 0 aliphatic rings. The number of rotatable bonds is 6. The van der Waals surface area contributed by atoms with E-state index in [1.54, 1.807) is 31.6 Å². The number of amides is 1. The number of aryl methyl sites for hydroxylation is 1. The highest BCUT2D eigenvalue weighted by Crippen LogP contribution is 2.15. The summed E-state index contributed by atoms with van der Waals surface area (Å²) in [5.41, 5.74) is 2.55. The molecular formula is C18H19N5O2. The van der Waals surface area contributed by atoms with Crippen LogP contribution in [0.5, 0.6) is 0 Å². The molecule has 3 rings (SSSR count). The van der Waals surface area contributed by atoms with Crippen molar-refractivity contribution in [3.63, 3.8) is 0 Å². The van der Waals surface area contributed by atoms with Gasteiger partial charge in [-0.25, -0.2) is 0 Å². The van der Waals surface area contributed by atoms with Crippen molar-refractivity contribution in [1.29, 1.82) is 0 Å². The molecule has 0 spiro atoms. The van der Waals surface area contributed by atoms with Gasteiger partial charge in [-0.3, -0.25) is 14.8 Å². The van der Waals surface area contributed by atoms with Crippen LogP contribution in [0.25, 0.3) is 0 Å². The van der Waals surface area contributed by atoms with Gasteiger partial charge in [0.25, 0.3) is 5.91 Å². The van der Waals surface area contributed by atoms with Gasteiger partial charge in [-0.15, -0.1) is 0 Å². The lowest BCUT2D eigenvalue weighted by Gasteiger charge is -2.19. The molecule has 3 heterocycles. The molecule has 7 heteroatoms. The first-order valence-electron chi connectivity index (χ1n) is 7.91. The highest BCUT2D eigenvalue weighted by molar-refractivity contribution is 6.04. The van der Waals surface area contributed by atoms with E-state index < -0.39 is 0 Å². The van der Waals surface area contributed by atoms with Gasteiger partial charge in [0, 0.05) is 38.2 Å². The second-order valence-corrected chi connectivity index (χ2v) is 5.74. The Bertz CT molecular complexity index is 847. The van der Waals surface area contributed by atoms with Crippen molar-refractivity contribution < 1.29 is 9.32 Å². The Morgan fingerprint density at radius 2 is 2.00 bits per heavy atom. The molecule has 25 heavy (non-hydrogen) atoms. The van der Waals surface area contributed by atoms with E-state index in [1.165, 1.54) is 11.8 Å². The maximum atomic E-state index is 12.3. The number of anilines is 2. The monoisotopic (exact) mass is 337 g/mol. The van der Waals surface area contributed by atoms with Crippen molar-refractivity contribution in [2.75, 3.05) is 23.8 Å². The van der Waals surface area contributed by atoms with Gasteiger partial charge in [0.1, 0.15) is 5.76 Å². The summed E-state index contributed by atoms with van der Waals surface area (Å²) in [5, 5.41) is 6.45. The van der Waals surface area contributed by atoms with Gasteiger partial charge < -0.3 is 14.7 Å². The zero-order valence-corrected chi connectivity index (χ0v) is 14.1. The van der Waals surface area contributed by atoms with E-state index in [-0.39, 0.29) is 5.91 Å². The fourth-order valence-electron chi connectivity index (χ4n) is 2.35. The standard InChI is InChI=1S/C18H19N5O2/c1-13-9-17(22-25-13)21-18(24)15-10-16(12-20-11-15)23(2)8-5-14-3-6-19-7-4-14/h3-4,6-7,9-12H,5,8H2,1-2H3,(H,21,22,24). The van der Waals surface area contributed by atoms with Crippen LogP contribution in [0.15, 0.2) is 53.6 Å². The largest absolute Gasteiger partial charge is 0.373 e. The molecule has 3 aromatic rings. The maximum Gasteiger partial charge on any atom is 0.258 e. The van der Waals surface area contributed by atoms with E-state index in [0.717, 1.165) is 18.7 Å². The minimum Gasteiger partial charge on any atom is -0.373 e. The molecule has 0 aliphatic heterocycles. The fraction of sp³-hybridized carbons (Fsp3) is 0.222. The topological polar surface area (TPSA) is 84.2 Å². The number of likely N-dealkylation sites (N-methyl/N-ethyl adjacent to an activating group) is 1. The maximum absolute atomic E-state index is 12.3. The lowest BCUT2D eigenvalue weighted by Crippen LogP contribution is -2.21. The molecule has 0 radical (unpaired) electrons. The molecule has 0 fully saturated rings. The zero-order valence-electron chi connectivity index (χ0n) is 14.1. The fourth-order valence-corrected chi connectivity index (χ4v) is 2.35. The van der Waals surface area contributed by atoms with Crippen molar-refractivity contribution in [1.82, 2.24) is 15.1 Å². The van der Waals surface area contributed by atoms with Crippen LogP contribution >= 0.6 is 0 Å². The SMILES string of the molecule is Cc1cc(NC(=O)c2cncc(N(C)CCc3ccncc3)c2)no1. The molecule has 7 nitrogen and oxygen atoms in total. The van der Waals surface area contributed by atoms with E-state index in [2.05, 4.69) is 25.3 Å². The summed E-state index contributed by atoms with van der Waals surface area (Å²) in [6, 6.07) is 7.46. The van der Waals surface area contributed by atoms with Crippen LogP contribution in [0, 0.1) is 6.92 Å². The van der Waals surface area contributed by atoms with Crippen LogP contribution in [0.3, 0.4) is 0 Å². The van der Waals surface area contributed by atoms with E-state index in [9.17, 15) is 4.79 Å². The Balaban J connectivity index is 1.64. The van der Waals surface area contributed by atoms with Crippen LogP contribution in [0.2, 0.25) is 0 Å². The Hall–Kier alpha value is -3.22. The van der Waals surface area contributed by atoms with Crippen LogP contribution in [0.4, 0.5) is 11.5 Å². The Morgan fingerprint density at radius 1 is 1.20 bits per heavy atom. The summed E-state index contributed by atoms with van der Waals surface area (Å²) in [6.45, 7) is 2.57. The first-order chi connectivity index (χ1) is 12.1. The highest BCUT2D eigenvalue weighted by atomic mass is 16.5. The second-order valence-electron chi connectivity index (χ2n) is 5.74. The first kappa shape index (κ1) is 16.6. The van der Waals surface area contributed by atoms with Gasteiger partial charge >= 0.3 is 0 Å². The minimum atomic E-state index is -0.273. The van der Waals surface area contributed by atoms with Gasteiger partial charge in [-0.2, -0.15) is 0 Å². The summed E-state index contributed by atoms with van der Waals surface area (Å²) in [5.74, 6) is 0.752. The molecule has 0 aromatic carbocycles. The number of pyridine rings is 2. The average Bonchev–Trinajstić information content (AvgIpc) is 3.05. The molecule has 3 aromatic heterocycles. The summed E-state index contributed by atoms with van der Waals surface area (Å²) < 4.78 is 4.94. The average molecular weight is 337 g/mol. The predicted molar refractivity (Wildman–Crippen MR) is 94.6 cm³/mol. The third-order valence-corrected chi connectivity index (χ3v) is 3.78. The molecule has 0 atom stereocenters. The lowest BCUT2D eigenvalue weighted by molar-refractivity contribution is 0.102. The quantitative estimate of drug-likeness (QED) is 0.744. The smallest absolute Gasteiger partial charge is 0.258 e. The van der Waals surface area contributed by atoms with Crippen molar-refractivity contribution in [3.05, 3.63) is 65.9 Å². The van der Waals surface area contributed by atoms with Crippen LogP contribution in [-0.4, -0.2) is 34.6 Å². The number of nitrogens with one attached hydrogen (secondary N) is 1. The van der Waals surface area contributed by atoms with Gasteiger partial charge in [0.2, 0.25) is 0 Å². The summed E-state index contributed by atoms with van der Waals surface area (Å²) in [6.07, 6.45) is 7.72. The van der Waals surface area contributed by atoms with E-state index in [0.29, 0.717) is 17.1 Å². The lowest BCUT2D eigenvalue weighted by atomic mass is 10.2. The summed E-state index contributed by atoms with van der Waals surface area (Å²) >= 11 is 0. The van der Waals surface area contributed by atoms with Gasteiger partial charge in [-0.05, 0) is 37.1 Å². The number of hydrogen-bond acceptors (Lipinski definition) is 6. The second kappa shape index (κ2) is 7.57. The van der Waals surface area contributed by atoms with Crippen molar-refractivity contribution in [2.24, 2.45) is 0 Å². The van der Waals surface area contributed by atoms with E-state index in [1.807, 2.05) is 25.2 Å². The van der Waals surface area contributed by atoms with Crippen molar-refractivity contribution in [3.8, 4) is 0 Å². The minimum absolute atomic E-state index is 0.273. The number of aromatic nitrogens is 3. The number of carbonyl (C=O) groups is 1. The Kier molecular flexibility index (Phi) is 5.03. The molecule has 1 amide bonds. The third-order valence-electron chi connectivity index (χ3n) is 3.78. The summed E-state index contributed by atoms with van der Waals surface area (Å²) in [7, 11) is 1.97. The Morgan fingerprint density at radius 3 is 2.72 bits per heavy atom. The zero-order chi connectivity index (χ0) is 17.6. The normalized spacial score (nSPS) is 10.5. The Labute approximate surface area is 145 Å². The third kappa shape index (κ3) is 4.41. The molecule has 0 unspecified atom stereocenters. The molecule has 0 saturated heterocycles. The van der Waals surface area contributed by atoms with Crippen LogP contribution < -0.4 is 10.2 Å². The van der Waals surface area contributed by atoms with Gasteiger partial charge in [0.05, 0.1) is 17.4 Å². The van der Waals surface area contributed by atoms with Gasteiger partial charge in [-0.1, -0.05) is 5.16 Å². The molecular weight excluding hydrogens is 318 g/mol. The number of nitrogens with zero attached hydrogens (tertiary/aromatic N) is 4. The molecule has 1 N–H and O–H groups in total. The number of carbonyl (C=O) groups excluding carboxylic acids is 1. The molecule has 128 valence electrons. The molecule has 0 saturated carbocycles. The van der Waals surface area contributed by atoms with Crippen LogP contribution in [0.1, 0.15) is 21.7 Å². The first-order valence-corrected chi connectivity index (χ1v) is 7.91. The highest BCUT2D eigenvalue weighted by Gasteiger charge is 2.11. The predicted octanol–water partition coefficient (Wildman–Crippen LogP) is 2.70. The van der Waals surface area contributed by atoms with Gasteiger partial charge in [0.15, 0.2) is 5.82 Å². The van der Waals surface area contributed by atoms with Crippen LogP contribution in [-0.2, 0) is 6.42 Å². The summed E-state index contributed by atoms with van der Waals surface area (Å²) in [4.78, 5) is 22.6. The van der Waals surface area contributed by atoms with E-state index >= 15 is 0 Å². The molecule has 0 bridgehead atoms. The molecule has 0 aliphatic carbocycles. The van der Waals surface area contributed by atoms with Crippen molar-refractivity contribution >= 4 is 17.4 Å². The number of hydrogen-bond donors (Lipinski definition) is 1.